The van der Waals surface area contributed by atoms with E-state index in [0.717, 1.165) is 0 Å². The van der Waals surface area contributed by atoms with Gasteiger partial charge in [0, 0.05) is 0 Å². The van der Waals surface area contributed by atoms with Gasteiger partial charge in [0.15, 0.2) is 6.29 Å². The van der Waals surface area contributed by atoms with Gasteiger partial charge in [0.25, 0.3) is 0 Å². The van der Waals surface area contributed by atoms with Crippen LogP contribution in [-0.2, 0) is 4.74 Å². The summed E-state index contributed by atoms with van der Waals surface area (Å²) in [6.07, 6.45) is -2.81. The van der Waals surface area contributed by atoms with E-state index in [1.54, 1.807) is 0 Å². The molecule has 0 amide bonds. The minimum atomic E-state index is -1.21. The molecule has 1 aliphatic heterocycles. The molecule has 0 aromatic rings. The average Bonchev–Trinajstić information content (AvgIpc) is 1.83. The van der Waals surface area contributed by atoms with Crippen molar-refractivity contribution in [3.05, 3.63) is 0 Å². The fraction of sp³-hybridized carbons (Fsp3) is 1.00. The van der Waals surface area contributed by atoms with Crippen molar-refractivity contribution in [2.75, 3.05) is 6.61 Å². The lowest BCUT2D eigenvalue weighted by Crippen LogP contribution is -2.44. The Balaban J connectivity index is 2.41. The van der Waals surface area contributed by atoms with Gasteiger partial charge in [-0.2, -0.15) is 0 Å². The van der Waals surface area contributed by atoms with E-state index in [4.69, 9.17) is 15.3 Å². The van der Waals surface area contributed by atoms with Crippen molar-refractivity contribution in [3.8, 4) is 0 Å². The molecule has 0 aromatic carbocycles. The van der Waals surface area contributed by atoms with Crippen LogP contribution in [0.1, 0.15) is 6.42 Å². The number of aliphatic hydroxyl groups excluding tert-OH is 3. The summed E-state index contributed by atoms with van der Waals surface area (Å²) in [5.74, 6) is 0. The van der Waals surface area contributed by atoms with Crippen molar-refractivity contribution in [1.82, 2.24) is 0 Å². The van der Waals surface area contributed by atoms with Gasteiger partial charge in [-0.15, -0.1) is 0 Å². The highest BCUT2D eigenvalue weighted by Crippen LogP contribution is 2.11. The van der Waals surface area contributed by atoms with Crippen LogP contribution in [0.5, 0.6) is 0 Å². The highest BCUT2D eigenvalue weighted by molar-refractivity contribution is 4.73. The summed E-state index contributed by atoms with van der Waals surface area (Å²) in [6, 6.07) is 0. The molecule has 9 heavy (non-hydrogen) atoms. The van der Waals surface area contributed by atoms with Crippen molar-refractivity contribution < 1.29 is 20.1 Å². The van der Waals surface area contributed by atoms with Crippen LogP contribution in [0.3, 0.4) is 0 Å². The molecule has 1 unspecified atom stereocenters. The Morgan fingerprint density at radius 2 is 1.89 bits per heavy atom. The molecule has 1 rings (SSSR count). The highest BCUT2D eigenvalue weighted by atomic mass is 16.6. The predicted octanol–water partition coefficient (Wildman–Crippen LogP) is -1.55. The molecule has 0 radical (unpaired) electrons. The van der Waals surface area contributed by atoms with E-state index in [1.807, 2.05) is 0 Å². The monoisotopic (exact) mass is 134 g/mol. The zero-order chi connectivity index (χ0) is 6.85. The van der Waals surface area contributed by atoms with E-state index in [2.05, 4.69) is 4.74 Å². The van der Waals surface area contributed by atoms with E-state index < -0.39 is 18.5 Å². The van der Waals surface area contributed by atoms with Crippen LogP contribution >= 0.6 is 0 Å². The topological polar surface area (TPSA) is 69.9 Å². The third-order valence-electron chi connectivity index (χ3n) is 1.39. The van der Waals surface area contributed by atoms with Gasteiger partial charge in [-0.05, 0) is 6.42 Å². The molecule has 1 heterocycles. The van der Waals surface area contributed by atoms with Gasteiger partial charge in [-0.1, -0.05) is 0 Å². The van der Waals surface area contributed by atoms with Crippen molar-refractivity contribution >= 4 is 0 Å². The Morgan fingerprint density at radius 1 is 1.22 bits per heavy atom. The molecule has 54 valence electrons. The largest absolute Gasteiger partial charge is 0.390 e. The van der Waals surface area contributed by atoms with Crippen LogP contribution < -0.4 is 0 Å². The minimum Gasteiger partial charge on any atom is -0.390 e. The van der Waals surface area contributed by atoms with Crippen LogP contribution in [0, 0.1) is 0 Å². The van der Waals surface area contributed by atoms with Gasteiger partial charge in [0.1, 0.15) is 6.10 Å². The van der Waals surface area contributed by atoms with Gasteiger partial charge < -0.3 is 20.1 Å². The fourth-order valence-electron chi connectivity index (χ4n) is 0.769. The van der Waals surface area contributed by atoms with E-state index in [9.17, 15) is 0 Å². The molecule has 0 spiro atoms. The third-order valence-corrected chi connectivity index (χ3v) is 1.39. The quantitative estimate of drug-likeness (QED) is 0.375. The summed E-state index contributed by atoms with van der Waals surface area (Å²) in [7, 11) is 0. The lowest BCUT2D eigenvalue weighted by molar-refractivity contribution is -0.219. The molecule has 0 bridgehead atoms. The molecule has 0 saturated carbocycles. The molecular formula is C5H10O4. The van der Waals surface area contributed by atoms with Crippen molar-refractivity contribution in [2.45, 2.75) is 24.9 Å². The molecule has 0 aliphatic carbocycles. The Labute approximate surface area is 52.7 Å². The van der Waals surface area contributed by atoms with E-state index in [0.29, 0.717) is 13.0 Å². The molecule has 1 aliphatic rings. The second-order valence-electron chi connectivity index (χ2n) is 2.11. The van der Waals surface area contributed by atoms with Crippen molar-refractivity contribution in [2.24, 2.45) is 0 Å². The fourth-order valence-corrected chi connectivity index (χ4v) is 0.769. The zero-order valence-corrected chi connectivity index (χ0v) is 4.90. The first-order chi connectivity index (χ1) is 4.22. The number of rotatable bonds is 0. The summed E-state index contributed by atoms with van der Waals surface area (Å²) < 4.78 is 4.61. The molecule has 4 nitrogen and oxygen atoms in total. The molecule has 3 N–H and O–H groups in total. The van der Waals surface area contributed by atoms with Gasteiger partial charge in [-0.25, -0.2) is 0 Å². The predicted molar refractivity (Wildman–Crippen MR) is 28.6 cm³/mol. The van der Waals surface area contributed by atoms with Crippen LogP contribution in [-0.4, -0.2) is 40.4 Å². The van der Waals surface area contributed by atoms with Gasteiger partial charge in [0.2, 0.25) is 0 Å². The first-order valence-corrected chi connectivity index (χ1v) is 2.87. The zero-order valence-electron chi connectivity index (χ0n) is 4.90. The number of hydrogen-bond acceptors (Lipinski definition) is 4. The van der Waals surface area contributed by atoms with E-state index in [-0.39, 0.29) is 0 Å². The van der Waals surface area contributed by atoms with Gasteiger partial charge in [-0.3, -0.25) is 0 Å². The average molecular weight is 134 g/mol. The second kappa shape index (κ2) is 2.62. The lowest BCUT2D eigenvalue weighted by atomic mass is 10.1. The highest BCUT2D eigenvalue weighted by Gasteiger charge is 2.29. The number of ether oxygens (including phenoxy) is 1. The maximum Gasteiger partial charge on any atom is 0.183 e. The third kappa shape index (κ3) is 1.40. The van der Waals surface area contributed by atoms with Crippen molar-refractivity contribution in [1.29, 1.82) is 0 Å². The molecule has 0 aromatic heterocycles. The summed E-state index contributed by atoms with van der Waals surface area (Å²) in [4.78, 5) is 0. The van der Waals surface area contributed by atoms with Gasteiger partial charge in [0.05, 0.1) is 12.7 Å². The Bertz CT molecular complexity index is 85.0. The first-order valence-electron chi connectivity index (χ1n) is 2.87. The van der Waals surface area contributed by atoms with Crippen LogP contribution in [0.15, 0.2) is 0 Å². The molecule has 4 heteroatoms. The molecule has 3 atom stereocenters. The maximum absolute atomic E-state index is 8.86. The summed E-state index contributed by atoms with van der Waals surface area (Å²) in [5, 5.41) is 26.4. The molecule has 1 saturated heterocycles. The minimum absolute atomic E-state index is 0.305. The Hall–Kier alpha value is -0.160. The standard InChI is InChI=1S/C5H10O4/c6-3-1-2-9-5(8)4(3)7/h3-8H,1-2H2/t3-,4?,5-/m0/s1. The SMILES string of the molecule is OC1[C@@H](O)CCO[C@@H]1O. The van der Waals surface area contributed by atoms with E-state index >= 15 is 0 Å². The maximum atomic E-state index is 8.86. The Morgan fingerprint density at radius 3 is 2.33 bits per heavy atom. The number of hydrogen-bond donors (Lipinski definition) is 3. The normalized spacial score (nSPS) is 45.0. The van der Waals surface area contributed by atoms with Crippen LogP contribution in [0.2, 0.25) is 0 Å². The van der Waals surface area contributed by atoms with Gasteiger partial charge >= 0.3 is 0 Å². The summed E-state index contributed by atoms with van der Waals surface area (Å²) in [5.41, 5.74) is 0. The second-order valence-corrected chi connectivity index (χ2v) is 2.11. The summed E-state index contributed by atoms with van der Waals surface area (Å²) >= 11 is 0. The van der Waals surface area contributed by atoms with Crippen LogP contribution in [0.25, 0.3) is 0 Å². The number of aliphatic hydroxyl groups is 3. The van der Waals surface area contributed by atoms with E-state index in [1.165, 1.54) is 0 Å². The molecular weight excluding hydrogens is 124 g/mol. The Kier molecular flexibility index (Phi) is 2.02. The molecule has 1 fully saturated rings. The first kappa shape index (κ1) is 6.95. The van der Waals surface area contributed by atoms with Crippen LogP contribution in [0.4, 0.5) is 0 Å². The summed E-state index contributed by atoms with van der Waals surface area (Å²) in [6.45, 7) is 0.305. The lowest BCUT2D eigenvalue weighted by Gasteiger charge is -2.27. The smallest absolute Gasteiger partial charge is 0.183 e. The van der Waals surface area contributed by atoms with Crippen molar-refractivity contribution in [3.63, 3.8) is 0 Å².